The highest BCUT2D eigenvalue weighted by molar-refractivity contribution is 7.89. The Morgan fingerprint density at radius 1 is 1.12 bits per heavy atom. The molecule has 168 valence electrons. The lowest BCUT2D eigenvalue weighted by Crippen LogP contribution is -2.30. The molecule has 2 aromatic carbocycles. The van der Waals surface area contributed by atoms with Gasteiger partial charge in [-0.05, 0) is 24.3 Å². The Hall–Kier alpha value is -3.50. The first-order chi connectivity index (χ1) is 15.2. The van der Waals surface area contributed by atoms with Crippen LogP contribution in [-0.4, -0.2) is 47.6 Å². The molecule has 32 heavy (non-hydrogen) atoms. The third kappa shape index (κ3) is 4.27. The van der Waals surface area contributed by atoms with E-state index in [1.165, 1.54) is 41.7 Å². The van der Waals surface area contributed by atoms with E-state index in [0.29, 0.717) is 23.9 Å². The van der Waals surface area contributed by atoms with Crippen LogP contribution >= 0.6 is 0 Å². The summed E-state index contributed by atoms with van der Waals surface area (Å²) in [6.45, 7) is 5.37. The van der Waals surface area contributed by atoms with Crippen molar-refractivity contribution in [1.29, 1.82) is 0 Å². The number of aromatic hydroxyl groups is 1. The number of nitrogens with one attached hydrogen (secondary N) is 1. The Morgan fingerprint density at radius 2 is 1.78 bits per heavy atom. The van der Waals surface area contributed by atoms with E-state index in [-0.39, 0.29) is 16.1 Å². The fourth-order valence-electron chi connectivity index (χ4n) is 3.41. The van der Waals surface area contributed by atoms with Gasteiger partial charge < -0.3 is 5.11 Å². The van der Waals surface area contributed by atoms with Gasteiger partial charge in [-0.1, -0.05) is 38.1 Å². The van der Waals surface area contributed by atoms with Crippen LogP contribution in [0.5, 0.6) is 5.88 Å². The molecule has 2 N–H and O–H groups in total. The summed E-state index contributed by atoms with van der Waals surface area (Å²) in [4.78, 5) is 24.4. The zero-order valence-corrected chi connectivity index (χ0v) is 18.8. The lowest BCUT2D eigenvalue weighted by atomic mass is 10.1. The summed E-state index contributed by atoms with van der Waals surface area (Å²) in [6.07, 6.45) is 1.24. The van der Waals surface area contributed by atoms with Crippen molar-refractivity contribution in [3.63, 3.8) is 0 Å². The first-order valence-electron chi connectivity index (χ1n) is 9.99. The number of nitrogens with zero attached hydrogens (tertiary/aromatic N) is 3. The molecule has 1 aromatic heterocycles. The summed E-state index contributed by atoms with van der Waals surface area (Å²) < 4.78 is 28.2. The minimum absolute atomic E-state index is 0.00613. The van der Waals surface area contributed by atoms with Crippen LogP contribution in [0.3, 0.4) is 0 Å². The predicted molar refractivity (Wildman–Crippen MR) is 123 cm³/mol. The summed E-state index contributed by atoms with van der Waals surface area (Å²) in [5.74, 6) is -0.826. The van der Waals surface area contributed by atoms with Crippen LogP contribution in [0.1, 0.15) is 26.3 Å². The van der Waals surface area contributed by atoms with Gasteiger partial charge in [0.05, 0.1) is 22.4 Å². The fourth-order valence-corrected chi connectivity index (χ4v) is 4.91. The fraction of sp³-hybridized carbons (Fsp3) is 0.227. The number of benzene rings is 2. The molecule has 0 radical (unpaired) electrons. The normalized spacial score (nSPS) is 12.0. The second-order valence-electron chi connectivity index (χ2n) is 6.94. The minimum Gasteiger partial charge on any atom is -0.494 e. The molecule has 0 fully saturated rings. The molecule has 9 nitrogen and oxygen atoms in total. The lowest BCUT2D eigenvalue weighted by molar-refractivity contribution is -0.118. The first-order valence-corrected chi connectivity index (χ1v) is 11.4. The Bertz CT molecular complexity index is 1360. The zero-order chi connectivity index (χ0) is 23.5. The second-order valence-corrected chi connectivity index (χ2v) is 8.87. The molecular weight excluding hydrogens is 432 g/mol. The topological polar surface area (TPSA) is 121 Å². The van der Waals surface area contributed by atoms with Crippen LogP contribution in [0, 0.1) is 0 Å². The van der Waals surface area contributed by atoms with Crippen molar-refractivity contribution in [1.82, 2.24) is 14.3 Å². The molecule has 0 aliphatic rings. The monoisotopic (exact) mass is 456 g/mol. The predicted octanol–water partition coefficient (Wildman–Crippen LogP) is 2.20. The molecule has 1 heterocycles. The van der Waals surface area contributed by atoms with Crippen LogP contribution in [0.25, 0.3) is 16.5 Å². The van der Waals surface area contributed by atoms with E-state index in [4.69, 9.17) is 0 Å². The number of carbonyl (C=O) groups is 1. The summed E-state index contributed by atoms with van der Waals surface area (Å²) in [5, 5.41) is 15.5. The number of pyridine rings is 1. The molecule has 0 aliphatic carbocycles. The van der Waals surface area contributed by atoms with Gasteiger partial charge in [-0.25, -0.2) is 18.4 Å². The number of fused-ring (bicyclic) bond motifs is 1. The first kappa shape index (κ1) is 23.2. The Labute approximate surface area is 185 Å². The van der Waals surface area contributed by atoms with Crippen molar-refractivity contribution in [2.24, 2.45) is 5.10 Å². The highest BCUT2D eigenvalue weighted by atomic mass is 32.2. The van der Waals surface area contributed by atoms with Crippen molar-refractivity contribution >= 4 is 32.9 Å². The molecule has 0 aliphatic heterocycles. The molecule has 0 atom stereocenters. The minimum atomic E-state index is -3.77. The second kappa shape index (κ2) is 9.33. The molecule has 0 bridgehead atoms. The maximum atomic E-state index is 13.2. The average molecular weight is 457 g/mol. The molecule has 0 saturated heterocycles. The van der Waals surface area contributed by atoms with Crippen LogP contribution < -0.4 is 11.0 Å². The standard InChI is InChI=1S/C22H24N4O5S/c1-4-25(5-2)32(30,31)17-10-8-9-16(13-17)26-21(28)19-12-7-6-11-18(19)20(22(26)29)14-23-24-15(3)27/h6-14,29H,4-5H2,1-3H3,(H,24,27). The molecule has 1 amide bonds. The molecule has 0 unspecified atom stereocenters. The smallest absolute Gasteiger partial charge is 0.265 e. The van der Waals surface area contributed by atoms with Crippen LogP contribution in [0.15, 0.2) is 63.3 Å². The van der Waals surface area contributed by atoms with Crippen LogP contribution in [0.4, 0.5) is 0 Å². The van der Waals surface area contributed by atoms with Crippen molar-refractivity contribution in [3.8, 4) is 11.6 Å². The summed E-state index contributed by atoms with van der Waals surface area (Å²) in [7, 11) is -3.77. The Balaban J connectivity index is 2.28. The Kier molecular flexibility index (Phi) is 6.75. The van der Waals surface area contributed by atoms with Crippen molar-refractivity contribution < 1.29 is 18.3 Å². The number of amides is 1. The zero-order valence-electron chi connectivity index (χ0n) is 17.9. The van der Waals surface area contributed by atoms with Gasteiger partial charge in [0.2, 0.25) is 21.8 Å². The number of hydrogen-bond acceptors (Lipinski definition) is 6. The SMILES string of the molecule is CCN(CC)S(=O)(=O)c1cccc(-n2c(O)c(C=NNC(C)=O)c3ccccc3c2=O)c1. The molecule has 0 spiro atoms. The quantitative estimate of drug-likeness (QED) is 0.417. The van der Waals surface area contributed by atoms with E-state index in [2.05, 4.69) is 10.5 Å². The maximum Gasteiger partial charge on any atom is 0.265 e. The van der Waals surface area contributed by atoms with Crippen molar-refractivity contribution in [3.05, 3.63) is 64.4 Å². The van der Waals surface area contributed by atoms with E-state index in [1.807, 2.05) is 0 Å². The number of sulfonamides is 1. The van der Waals surface area contributed by atoms with Crippen LogP contribution in [-0.2, 0) is 14.8 Å². The number of rotatable bonds is 7. The van der Waals surface area contributed by atoms with Crippen molar-refractivity contribution in [2.75, 3.05) is 13.1 Å². The van der Waals surface area contributed by atoms with Gasteiger partial charge in [0.25, 0.3) is 5.56 Å². The third-order valence-corrected chi connectivity index (χ3v) is 6.98. The summed E-state index contributed by atoms with van der Waals surface area (Å²) in [6, 6.07) is 12.5. The number of carbonyl (C=O) groups excluding carboxylic acids is 1. The van der Waals surface area contributed by atoms with E-state index in [0.717, 1.165) is 4.57 Å². The Morgan fingerprint density at radius 3 is 2.41 bits per heavy atom. The van der Waals surface area contributed by atoms with E-state index >= 15 is 0 Å². The van der Waals surface area contributed by atoms with Gasteiger partial charge in [-0.15, -0.1) is 0 Å². The summed E-state index contributed by atoms with van der Waals surface area (Å²) in [5.41, 5.74) is 2.12. The molecular formula is C22H24N4O5S. The number of hydrogen-bond donors (Lipinski definition) is 2. The van der Waals surface area contributed by atoms with Gasteiger partial charge in [0, 0.05) is 30.8 Å². The lowest BCUT2D eigenvalue weighted by Gasteiger charge is -2.19. The molecule has 3 aromatic rings. The maximum absolute atomic E-state index is 13.2. The van der Waals surface area contributed by atoms with Gasteiger partial charge >= 0.3 is 0 Å². The van der Waals surface area contributed by atoms with Gasteiger partial charge in [-0.2, -0.15) is 9.41 Å². The average Bonchev–Trinajstić information content (AvgIpc) is 2.77. The molecule has 3 rings (SSSR count). The van der Waals surface area contributed by atoms with Crippen molar-refractivity contribution in [2.45, 2.75) is 25.7 Å². The number of aromatic nitrogens is 1. The van der Waals surface area contributed by atoms with Gasteiger partial charge in [0.1, 0.15) is 0 Å². The van der Waals surface area contributed by atoms with E-state index in [1.54, 1.807) is 38.1 Å². The van der Waals surface area contributed by atoms with Gasteiger partial charge in [0.15, 0.2) is 0 Å². The highest BCUT2D eigenvalue weighted by Crippen LogP contribution is 2.27. The largest absolute Gasteiger partial charge is 0.494 e. The molecule has 0 saturated carbocycles. The third-order valence-electron chi connectivity index (χ3n) is 4.94. The summed E-state index contributed by atoms with van der Waals surface area (Å²) >= 11 is 0. The number of hydrazone groups is 1. The molecule has 10 heteroatoms. The van der Waals surface area contributed by atoms with E-state index in [9.17, 15) is 23.1 Å². The van der Waals surface area contributed by atoms with Crippen LogP contribution in [0.2, 0.25) is 0 Å². The van der Waals surface area contributed by atoms with E-state index < -0.39 is 27.4 Å². The highest BCUT2D eigenvalue weighted by Gasteiger charge is 2.23. The van der Waals surface area contributed by atoms with Gasteiger partial charge in [-0.3, -0.25) is 9.59 Å².